The van der Waals surface area contributed by atoms with E-state index < -0.39 is 114 Å². The predicted molar refractivity (Wildman–Crippen MR) is 221 cm³/mol. The second-order valence-corrected chi connectivity index (χ2v) is 16.8. The molecular weight excluding hydrogens is 923 g/mol. The summed E-state index contributed by atoms with van der Waals surface area (Å²) in [5.74, 6) is -0.244. The molecule has 0 spiro atoms. The van der Waals surface area contributed by atoms with Crippen LogP contribution in [-0.2, 0) is 14.2 Å². The van der Waals surface area contributed by atoms with Gasteiger partial charge in [-0.2, -0.15) is 24.9 Å². The first-order chi connectivity index (χ1) is 30.3. The Bertz CT molecular complexity index is 2920. The fraction of sp³-hybridized carbons (Fsp3) is 0.516. The average molecular weight is 962 g/mol. The second kappa shape index (κ2) is 18.3. The van der Waals surface area contributed by atoms with Gasteiger partial charge in [0.25, 0.3) is 5.56 Å². The minimum atomic E-state index is -1.44. The molecule has 6 aromatic heterocycles. The maximum atomic E-state index is 12.2. The van der Waals surface area contributed by atoms with Gasteiger partial charge in [0, 0.05) is 0 Å². The summed E-state index contributed by atoms with van der Waals surface area (Å²) < 4.78 is 24.8. The molecule has 0 bridgehead atoms. The monoisotopic (exact) mass is 961 g/mol. The van der Waals surface area contributed by atoms with Crippen molar-refractivity contribution in [2.45, 2.75) is 73.6 Å². The summed E-state index contributed by atoms with van der Waals surface area (Å²) in [6, 6.07) is 0. The smallest absolute Gasteiger partial charge is 0.311 e. The lowest BCUT2D eigenvalue weighted by Gasteiger charge is -2.16. The Kier molecular flexibility index (Phi) is 13.3. The zero-order chi connectivity index (χ0) is 46.6. The summed E-state index contributed by atoms with van der Waals surface area (Å²) in [6.45, 7) is -1.52. The number of fused-ring (bicyclic) bond motifs is 3. The average Bonchev–Trinajstić information content (AvgIpc) is 4.06. The molecule has 3 fully saturated rings. The molecule has 33 heteroatoms. The van der Waals surface area contributed by atoms with Crippen LogP contribution in [0.3, 0.4) is 0 Å². The Morgan fingerprint density at radius 2 is 0.938 bits per heavy atom. The maximum Gasteiger partial charge on any atom is 0.311 e. The Morgan fingerprint density at radius 1 is 0.562 bits per heavy atom. The number of methoxy groups -OCH3 is 1. The second-order valence-electron chi connectivity index (χ2n) is 13.9. The van der Waals surface area contributed by atoms with Crippen LogP contribution < -0.4 is 47.8 Å². The molecule has 6 aromatic rings. The number of nitrogens with one attached hydrogen (secondary N) is 1. The van der Waals surface area contributed by atoms with Crippen LogP contribution in [-0.4, -0.2) is 171 Å². The molecule has 18 N–H and O–H groups in total. The van der Waals surface area contributed by atoms with Crippen LogP contribution in [0, 0.1) is 0 Å². The van der Waals surface area contributed by atoms with Gasteiger partial charge in [-0.1, -0.05) is 34.0 Å². The van der Waals surface area contributed by atoms with Gasteiger partial charge in [-0.05, 0) is 0 Å². The number of rotatable bonds is 7. The normalized spacial score (nSPS) is 29.0. The third-order valence-corrected chi connectivity index (χ3v) is 12.8. The molecule has 9 rings (SSSR count). The van der Waals surface area contributed by atoms with E-state index in [0.29, 0.717) is 20.7 Å². The summed E-state index contributed by atoms with van der Waals surface area (Å²) in [5.41, 5.74) is 21.9. The number of H-pyrrole nitrogens is 1. The van der Waals surface area contributed by atoms with Crippen LogP contribution in [0.15, 0.2) is 19.2 Å². The Hall–Kier alpha value is -5.37. The number of aliphatic hydroxyl groups excluding tert-OH is 9. The fourth-order valence-electron chi connectivity index (χ4n) is 6.90. The molecule has 348 valence electrons. The van der Waals surface area contributed by atoms with Crippen LogP contribution in [0.1, 0.15) is 18.7 Å². The van der Waals surface area contributed by atoms with E-state index in [4.69, 9.17) is 57.2 Å². The molecule has 64 heavy (non-hydrogen) atoms. The first-order valence-corrected chi connectivity index (χ1v) is 20.7. The Balaban J connectivity index is 0.000000144. The molecule has 0 unspecified atom stereocenters. The van der Waals surface area contributed by atoms with Crippen LogP contribution in [0.5, 0.6) is 5.88 Å². The highest BCUT2D eigenvalue weighted by Crippen LogP contribution is 2.35. The van der Waals surface area contributed by atoms with Gasteiger partial charge in [-0.25, -0.2) is 0 Å². The number of nitrogen functional groups attached to an aromatic ring is 4. The van der Waals surface area contributed by atoms with Gasteiger partial charge < -0.3 is 87.8 Å². The minimum absolute atomic E-state index is 0.0342. The van der Waals surface area contributed by atoms with E-state index in [1.807, 2.05) is 0 Å². The van der Waals surface area contributed by atoms with Crippen LogP contribution in [0.2, 0.25) is 0 Å². The van der Waals surface area contributed by atoms with Gasteiger partial charge in [0.15, 0.2) is 35.6 Å². The van der Waals surface area contributed by atoms with Crippen molar-refractivity contribution in [2.24, 2.45) is 0 Å². The van der Waals surface area contributed by atoms with Gasteiger partial charge in [0.2, 0.25) is 23.7 Å². The van der Waals surface area contributed by atoms with Crippen LogP contribution in [0.4, 0.5) is 23.7 Å². The molecule has 0 aliphatic carbocycles. The van der Waals surface area contributed by atoms with E-state index in [1.165, 1.54) is 7.11 Å². The molecule has 30 nitrogen and oxygen atoms in total. The molecule has 12 atom stereocenters. The van der Waals surface area contributed by atoms with Crippen molar-refractivity contribution in [3.05, 3.63) is 39.4 Å². The molecule has 9 heterocycles. The van der Waals surface area contributed by atoms with Gasteiger partial charge in [0.1, 0.15) is 74.9 Å². The number of nitrogens with zero attached hydrogens (tertiary/aromatic N) is 8. The molecule has 3 aliphatic rings. The first-order valence-electron chi connectivity index (χ1n) is 18.3. The number of thiazole rings is 3. The lowest BCUT2D eigenvalue weighted by molar-refractivity contribution is -0.0518. The van der Waals surface area contributed by atoms with Crippen molar-refractivity contribution in [3.63, 3.8) is 0 Å². The number of hydrogen-bond donors (Lipinski definition) is 14. The van der Waals surface area contributed by atoms with Crippen LogP contribution in [0.25, 0.3) is 31.0 Å². The number of aliphatic hydroxyl groups is 9. The van der Waals surface area contributed by atoms with E-state index in [2.05, 4.69) is 29.9 Å². The minimum Gasteiger partial charge on any atom is -0.480 e. The lowest BCUT2D eigenvalue weighted by Crippen LogP contribution is -2.34. The number of aromatic amines is 1. The van der Waals surface area contributed by atoms with E-state index in [0.717, 1.165) is 36.4 Å². The SMILES string of the molecule is COc1nc(N)nc2c1sc(=O)n2[C@@H]1O[C@H](CO)[C@@H](O)[C@H]1O.Nc1nc(N)c2sc(=O)n([C@@H]3O[C@H](CO)[C@@H](O)[C@H]3O)c2n1.Nc1nc2c(sc(=O)n2[C@@H]2O[C@H](CO)[C@@H](O)[C@H]2O)c(=O)[nH]1. The molecule has 3 saturated heterocycles. The lowest BCUT2D eigenvalue weighted by atomic mass is 10.1. The molecule has 3 aliphatic heterocycles. The first kappa shape index (κ1) is 46.6. The third-order valence-electron chi connectivity index (χ3n) is 9.95. The highest BCUT2D eigenvalue weighted by molar-refractivity contribution is 7.17. The van der Waals surface area contributed by atoms with E-state index in [1.54, 1.807) is 0 Å². The number of anilines is 4. The third kappa shape index (κ3) is 8.15. The van der Waals surface area contributed by atoms with Gasteiger partial charge in [0.05, 0.1) is 26.9 Å². The number of nitrogens with two attached hydrogens (primary N) is 4. The standard InChI is InChI=1S/C11H14N4O6S.C10H13N5O5S.C10H12N4O6S/c1-20-8-6-7(13-10(12)14-8)15(11(19)22-6)9-5(18)4(17)3(2-16)21-9;11-6-5-7(14-9(12)13-6)15(10(19)21-5)8-4(18)3(17)2(1-16)20-8;11-9-12-6-5(7(18)13-9)21-10(19)14(6)8-4(17)3(16)2(1-15)20-8/h3-5,9,16-18H,2H2,1H3,(H2,12,13,14);2-4,8,16-18H,1H2,(H4,11,12,13,14);2-4,8,15-17H,1H2,(H3,11,12,13,18)/t3-,4-,5-,9-;2*2-,3-,4-,8-/m111/s1. The highest BCUT2D eigenvalue weighted by atomic mass is 32.1. The van der Waals surface area contributed by atoms with Crippen molar-refractivity contribution >= 4 is 88.7 Å². The quantitative estimate of drug-likeness (QED) is 0.0707. The van der Waals surface area contributed by atoms with Crippen molar-refractivity contribution < 1.29 is 64.9 Å². The van der Waals surface area contributed by atoms with Crippen molar-refractivity contribution in [2.75, 3.05) is 49.9 Å². The zero-order valence-corrected chi connectivity index (χ0v) is 34.9. The summed E-state index contributed by atoms with van der Waals surface area (Å²) >= 11 is 2.21. The van der Waals surface area contributed by atoms with E-state index in [-0.39, 0.29) is 51.2 Å². The van der Waals surface area contributed by atoms with Crippen LogP contribution >= 0.6 is 34.0 Å². The van der Waals surface area contributed by atoms with Gasteiger partial charge in [-0.3, -0.25) is 37.9 Å². The summed E-state index contributed by atoms with van der Waals surface area (Å²) in [5, 5.41) is 86.7. The fourth-order valence-corrected chi connectivity index (χ4v) is 9.51. The molecule has 0 radical (unpaired) electrons. The highest BCUT2D eigenvalue weighted by Gasteiger charge is 2.47. The Morgan fingerprint density at radius 3 is 1.34 bits per heavy atom. The van der Waals surface area contributed by atoms with Gasteiger partial charge >= 0.3 is 14.6 Å². The number of ether oxygens (including phenoxy) is 4. The predicted octanol–water partition coefficient (Wildman–Crippen LogP) is -6.98. The van der Waals surface area contributed by atoms with E-state index >= 15 is 0 Å². The molecule has 0 saturated carbocycles. The topological polar surface area (TPSA) is 486 Å². The van der Waals surface area contributed by atoms with E-state index in [9.17, 15) is 49.8 Å². The molecular formula is C31H39N13O17S3. The summed E-state index contributed by atoms with van der Waals surface area (Å²) in [6.07, 6.45) is -14.9. The molecule has 0 amide bonds. The zero-order valence-electron chi connectivity index (χ0n) is 32.5. The van der Waals surface area contributed by atoms with Crippen molar-refractivity contribution in [1.82, 2.24) is 43.6 Å². The van der Waals surface area contributed by atoms with Gasteiger partial charge in [-0.15, -0.1) is 0 Å². The Labute approximate surface area is 365 Å². The van der Waals surface area contributed by atoms with Crippen molar-refractivity contribution in [1.29, 1.82) is 0 Å². The maximum absolute atomic E-state index is 12.2. The number of aromatic nitrogens is 9. The summed E-state index contributed by atoms with van der Waals surface area (Å²) in [7, 11) is 1.38. The number of hydrogen-bond acceptors (Lipinski definition) is 29. The molecule has 0 aromatic carbocycles. The summed E-state index contributed by atoms with van der Waals surface area (Å²) in [4.78, 5) is 68.3. The van der Waals surface area contributed by atoms with Crippen molar-refractivity contribution in [3.8, 4) is 5.88 Å². The largest absolute Gasteiger partial charge is 0.480 e.